The summed E-state index contributed by atoms with van der Waals surface area (Å²) in [7, 11) is 0. The Labute approximate surface area is 152 Å². The number of hydrogen-bond donors (Lipinski definition) is 0. The SMILES string of the molecule is Cc1onc(-c2c(Cl)cccc2Cl)c1CN1CCO[C@H](C(F)(F)F)C1. The molecule has 1 saturated heterocycles. The normalized spacial score (nSPS) is 19.4. The van der Waals surface area contributed by atoms with Crippen LogP contribution in [0.1, 0.15) is 11.3 Å². The fourth-order valence-corrected chi connectivity index (χ4v) is 3.34. The molecule has 0 bridgehead atoms. The lowest BCUT2D eigenvalue weighted by atomic mass is 10.0. The van der Waals surface area contributed by atoms with Gasteiger partial charge in [-0.05, 0) is 19.1 Å². The van der Waals surface area contributed by atoms with Crippen molar-refractivity contribution in [2.75, 3.05) is 19.7 Å². The largest absolute Gasteiger partial charge is 0.415 e. The summed E-state index contributed by atoms with van der Waals surface area (Å²) in [6, 6.07) is 5.05. The van der Waals surface area contributed by atoms with E-state index in [0.29, 0.717) is 39.2 Å². The Bertz CT molecular complexity index is 744. The van der Waals surface area contributed by atoms with Crippen LogP contribution in [0.4, 0.5) is 13.2 Å². The van der Waals surface area contributed by atoms with Gasteiger partial charge in [-0.1, -0.05) is 34.4 Å². The second-order valence-corrected chi connectivity index (χ2v) is 6.61. The van der Waals surface area contributed by atoms with Gasteiger partial charge >= 0.3 is 6.18 Å². The molecule has 0 amide bonds. The van der Waals surface area contributed by atoms with Gasteiger partial charge in [-0.25, -0.2) is 0 Å². The van der Waals surface area contributed by atoms with E-state index < -0.39 is 12.3 Å². The third-order valence-electron chi connectivity index (χ3n) is 4.08. The smallest absolute Gasteiger partial charge is 0.366 e. The number of morpholine rings is 1. The average Bonchev–Trinajstić information content (AvgIpc) is 2.88. The predicted octanol–water partition coefficient (Wildman–Crippen LogP) is 4.72. The van der Waals surface area contributed by atoms with Crippen LogP contribution in [0, 0.1) is 6.92 Å². The highest BCUT2D eigenvalue weighted by Gasteiger charge is 2.43. The zero-order valence-corrected chi connectivity index (χ0v) is 14.8. The van der Waals surface area contributed by atoms with E-state index in [1.165, 1.54) is 0 Å². The van der Waals surface area contributed by atoms with Crippen molar-refractivity contribution in [3.8, 4) is 11.3 Å². The second kappa shape index (κ2) is 7.15. The molecule has 0 N–H and O–H groups in total. The first-order valence-corrected chi connectivity index (χ1v) is 8.33. The molecule has 1 atom stereocenters. The fourth-order valence-electron chi connectivity index (χ4n) is 2.77. The quantitative estimate of drug-likeness (QED) is 0.754. The third kappa shape index (κ3) is 3.95. The number of benzene rings is 1. The van der Waals surface area contributed by atoms with E-state index >= 15 is 0 Å². The zero-order valence-electron chi connectivity index (χ0n) is 13.2. The number of nitrogens with zero attached hydrogens (tertiary/aromatic N) is 2. The second-order valence-electron chi connectivity index (χ2n) is 5.80. The molecule has 0 unspecified atom stereocenters. The van der Waals surface area contributed by atoms with Gasteiger partial charge in [0.25, 0.3) is 0 Å². The van der Waals surface area contributed by atoms with Crippen molar-refractivity contribution < 1.29 is 22.4 Å². The van der Waals surface area contributed by atoms with Gasteiger partial charge in [0.15, 0.2) is 6.10 Å². The molecule has 0 aliphatic carbocycles. The minimum atomic E-state index is -4.39. The standard InChI is InChI=1S/C16H15Cl2F3N2O2/c1-9-10(7-23-5-6-24-13(8-23)16(19,20)21)15(22-25-9)14-11(17)3-2-4-12(14)18/h2-4,13H,5-8H2,1H3/t13-/m0/s1. The van der Waals surface area contributed by atoms with E-state index in [-0.39, 0.29) is 19.7 Å². The van der Waals surface area contributed by atoms with E-state index in [4.69, 9.17) is 32.5 Å². The van der Waals surface area contributed by atoms with Crippen molar-refractivity contribution in [1.82, 2.24) is 10.1 Å². The summed E-state index contributed by atoms with van der Waals surface area (Å²) in [6.07, 6.45) is -6.19. The molecule has 0 saturated carbocycles. The molecule has 1 aromatic carbocycles. The monoisotopic (exact) mass is 394 g/mol. The van der Waals surface area contributed by atoms with E-state index in [9.17, 15) is 13.2 Å². The molecule has 9 heteroatoms. The highest BCUT2D eigenvalue weighted by molar-refractivity contribution is 6.39. The molecule has 25 heavy (non-hydrogen) atoms. The number of alkyl halides is 3. The molecule has 1 fully saturated rings. The molecule has 1 aromatic heterocycles. The summed E-state index contributed by atoms with van der Waals surface area (Å²) < 4.78 is 48.8. The fraction of sp³-hybridized carbons (Fsp3) is 0.438. The van der Waals surface area contributed by atoms with Gasteiger partial charge in [-0.3, -0.25) is 4.90 Å². The molecule has 0 spiro atoms. The summed E-state index contributed by atoms with van der Waals surface area (Å²) in [5.41, 5.74) is 1.62. The highest BCUT2D eigenvalue weighted by atomic mass is 35.5. The maximum atomic E-state index is 12.9. The van der Waals surface area contributed by atoms with Crippen molar-refractivity contribution in [2.45, 2.75) is 25.7 Å². The van der Waals surface area contributed by atoms with Crippen LogP contribution in [-0.2, 0) is 11.3 Å². The number of aromatic nitrogens is 1. The van der Waals surface area contributed by atoms with Gasteiger partial charge in [0.2, 0.25) is 0 Å². The first kappa shape index (κ1) is 18.5. The molecule has 4 nitrogen and oxygen atoms in total. The number of hydrogen-bond acceptors (Lipinski definition) is 4. The van der Waals surface area contributed by atoms with Crippen molar-refractivity contribution in [3.63, 3.8) is 0 Å². The Morgan fingerprint density at radius 1 is 1.28 bits per heavy atom. The van der Waals surface area contributed by atoms with Crippen LogP contribution in [0.2, 0.25) is 10.0 Å². The number of ether oxygens (including phenoxy) is 1. The minimum Gasteiger partial charge on any atom is -0.366 e. The molecule has 2 heterocycles. The van der Waals surface area contributed by atoms with Crippen molar-refractivity contribution in [3.05, 3.63) is 39.6 Å². The Balaban J connectivity index is 1.88. The van der Waals surface area contributed by atoms with Crippen LogP contribution < -0.4 is 0 Å². The van der Waals surface area contributed by atoms with Gasteiger partial charge in [-0.15, -0.1) is 0 Å². The van der Waals surface area contributed by atoms with Crippen LogP contribution in [0.15, 0.2) is 22.7 Å². The summed E-state index contributed by atoms with van der Waals surface area (Å²) in [4.78, 5) is 1.66. The Morgan fingerprint density at radius 2 is 1.96 bits per heavy atom. The molecule has 0 radical (unpaired) electrons. The lowest BCUT2D eigenvalue weighted by molar-refractivity contribution is -0.237. The van der Waals surface area contributed by atoms with E-state index in [2.05, 4.69) is 5.16 Å². The number of rotatable bonds is 3. The van der Waals surface area contributed by atoms with Gasteiger partial charge in [-0.2, -0.15) is 13.2 Å². The third-order valence-corrected chi connectivity index (χ3v) is 4.71. The van der Waals surface area contributed by atoms with Gasteiger partial charge < -0.3 is 9.26 Å². The van der Waals surface area contributed by atoms with Crippen LogP contribution in [0.5, 0.6) is 0 Å². The van der Waals surface area contributed by atoms with Gasteiger partial charge in [0.1, 0.15) is 11.5 Å². The van der Waals surface area contributed by atoms with Crippen LogP contribution in [-0.4, -0.2) is 42.0 Å². The van der Waals surface area contributed by atoms with E-state index in [0.717, 1.165) is 0 Å². The van der Waals surface area contributed by atoms with E-state index in [1.807, 2.05) is 0 Å². The first-order chi connectivity index (χ1) is 11.8. The summed E-state index contributed by atoms with van der Waals surface area (Å²) in [6.45, 7) is 2.09. The van der Waals surface area contributed by atoms with Crippen molar-refractivity contribution >= 4 is 23.2 Å². The lowest BCUT2D eigenvalue weighted by Gasteiger charge is -2.33. The average molecular weight is 395 g/mol. The van der Waals surface area contributed by atoms with Crippen molar-refractivity contribution in [2.24, 2.45) is 0 Å². The van der Waals surface area contributed by atoms with Crippen LogP contribution in [0.3, 0.4) is 0 Å². The number of aryl methyl sites for hydroxylation is 1. The molecule has 1 aliphatic rings. The Hall–Kier alpha value is -1.28. The topological polar surface area (TPSA) is 38.5 Å². The van der Waals surface area contributed by atoms with Gasteiger partial charge in [0, 0.05) is 30.8 Å². The van der Waals surface area contributed by atoms with Gasteiger partial charge in [0.05, 0.1) is 16.7 Å². The van der Waals surface area contributed by atoms with Crippen LogP contribution in [0.25, 0.3) is 11.3 Å². The Kier molecular flexibility index (Phi) is 5.29. The summed E-state index contributed by atoms with van der Waals surface area (Å²) in [5, 5.41) is 4.82. The van der Waals surface area contributed by atoms with Crippen molar-refractivity contribution in [1.29, 1.82) is 0 Å². The first-order valence-electron chi connectivity index (χ1n) is 7.57. The minimum absolute atomic E-state index is 0.0106. The predicted molar refractivity (Wildman–Crippen MR) is 87.8 cm³/mol. The Morgan fingerprint density at radius 3 is 2.60 bits per heavy atom. The summed E-state index contributed by atoms with van der Waals surface area (Å²) >= 11 is 12.4. The maximum Gasteiger partial charge on any atom is 0.415 e. The molecular weight excluding hydrogens is 380 g/mol. The molecule has 136 valence electrons. The number of halogens is 5. The van der Waals surface area contributed by atoms with E-state index in [1.54, 1.807) is 30.0 Å². The highest BCUT2D eigenvalue weighted by Crippen LogP contribution is 2.37. The molecular formula is C16H15Cl2F3N2O2. The summed E-state index contributed by atoms with van der Waals surface area (Å²) in [5.74, 6) is 0.515. The maximum absolute atomic E-state index is 12.9. The molecule has 1 aliphatic heterocycles. The van der Waals surface area contributed by atoms with Crippen LogP contribution >= 0.6 is 23.2 Å². The molecule has 3 rings (SSSR count). The lowest BCUT2D eigenvalue weighted by Crippen LogP contribution is -2.48. The molecule has 2 aromatic rings. The zero-order chi connectivity index (χ0) is 18.2.